The van der Waals surface area contributed by atoms with Crippen molar-refractivity contribution in [3.8, 4) is 0 Å². The van der Waals surface area contributed by atoms with Gasteiger partial charge in [0.2, 0.25) is 0 Å². The Labute approximate surface area is 75.3 Å². The van der Waals surface area contributed by atoms with E-state index in [2.05, 4.69) is 6.92 Å². The van der Waals surface area contributed by atoms with E-state index >= 15 is 0 Å². The molecule has 2 N–H and O–H groups in total. The molecule has 2 heteroatoms. The normalized spacial score (nSPS) is 16.4. The van der Waals surface area contributed by atoms with Gasteiger partial charge in [-0.2, -0.15) is 0 Å². The van der Waals surface area contributed by atoms with Crippen LogP contribution in [0.5, 0.6) is 0 Å². The summed E-state index contributed by atoms with van der Waals surface area (Å²) >= 11 is 5.82. The zero-order valence-electron chi connectivity index (χ0n) is 7.65. The van der Waals surface area contributed by atoms with Crippen LogP contribution in [-0.4, -0.2) is 11.9 Å². The quantitative estimate of drug-likeness (QED) is 0.621. The van der Waals surface area contributed by atoms with E-state index in [0.29, 0.717) is 11.3 Å². The first kappa shape index (κ1) is 11.2. The van der Waals surface area contributed by atoms with Crippen molar-refractivity contribution in [2.24, 2.45) is 11.7 Å². The molecule has 0 fully saturated rings. The molecule has 1 nitrogen and oxygen atoms in total. The van der Waals surface area contributed by atoms with E-state index in [0.717, 1.165) is 13.0 Å². The SMILES string of the molecule is CCC(CN)CCCC(C)Cl. The average molecular weight is 178 g/mol. The molecule has 68 valence electrons. The lowest BCUT2D eigenvalue weighted by molar-refractivity contribution is 0.455. The molecule has 0 amide bonds. The van der Waals surface area contributed by atoms with Crippen LogP contribution in [-0.2, 0) is 0 Å². The van der Waals surface area contributed by atoms with E-state index < -0.39 is 0 Å². The monoisotopic (exact) mass is 177 g/mol. The van der Waals surface area contributed by atoms with E-state index in [1.54, 1.807) is 0 Å². The van der Waals surface area contributed by atoms with Gasteiger partial charge in [0.05, 0.1) is 0 Å². The molecule has 0 aromatic rings. The summed E-state index contributed by atoms with van der Waals surface area (Å²) in [4.78, 5) is 0. The number of hydrogen-bond acceptors (Lipinski definition) is 1. The van der Waals surface area contributed by atoms with E-state index in [4.69, 9.17) is 17.3 Å². The van der Waals surface area contributed by atoms with E-state index in [1.807, 2.05) is 6.92 Å². The van der Waals surface area contributed by atoms with Gasteiger partial charge in [-0.3, -0.25) is 0 Å². The molecular formula is C9H20ClN. The molecule has 0 saturated heterocycles. The lowest BCUT2D eigenvalue weighted by Crippen LogP contribution is -2.13. The number of alkyl halides is 1. The fourth-order valence-electron chi connectivity index (χ4n) is 1.18. The van der Waals surface area contributed by atoms with E-state index in [1.165, 1.54) is 19.3 Å². The molecule has 11 heavy (non-hydrogen) atoms. The Morgan fingerprint density at radius 1 is 1.36 bits per heavy atom. The Morgan fingerprint density at radius 2 is 2.00 bits per heavy atom. The van der Waals surface area contributed by atoms with Gasteiger partial charge >= 0.3 is 0 Å². The molecule has 0 aliphatic rings. The number of nitrogens with two attached hydrogens (primary N) is 1. The Balaban J connectivity index is 3.21. The zero-order chi connectivity index (χ0) is 8.69. The summed E-state index contributed by atoms with van der Waals surface area (Å²) in [6.07, 6.45) is 4.79. The third-order valence-electron chi connectivity index (χ3n) is 2.12. The Hall–Kier alpha value is 0.250. The first-order chi connectivity index (χ1) is 5.20. The van der Waals surface area contributed by atoms with E-state index in [9.17, 15) is 0 Å². The van der Waals surface area contributed by atoms with Gasteiger partial charge in [-0.15, -0.1) is 11.6 Å². The van der Waals surface area contributed by atoms with Gasteiger partial charge in [-0.1, -0.05) is 19.8 Å². The van der Waals surface area contributed by atoms with Gasteiger partial charge in [-0.05, 0) is 32.2 Å². The molecular weight excluding hydrogens is 158 g/mol. The zero-order valence-corrected chi connectivity index (χ0v) is 8.40. The summed E-state index contributed by atoms with van der Waals surface area (Å²) in [5.74, 6) is 0.713. The Morgan fingerprint density at radius 3 is 2.36 bits per heavy atom. The second-order valence-corrected chi connectivity index (χ2v) is 3.97. The van der Waals surface area contributed by atoms with Gasteiger partial charge in [0.25, 0.3) is 0 Å². The molecule has 0 radical (unpaired) electrons. The maximum atomic E-state index is 5.82. The molecule has 0 bridgehead atoms. The lowest BCUT2D eigenvalue weighted by atomic mass is 9.99. The van der Waals surface area contributed by atoms with Crippen molar-refractivity contribution < 1.29 is 0 Å². The molecule has 0 aliphatic heterocycles. The minimum absolute atomic E-state index is 0.324. The molecule has 0 aliphatic carbocycles. The molecule has 0 aromatic heterocycles. The molecule has 0 aromatic carbocycles. The van der Waals surface area contributed by atoms with Gasteiger partial charge in [0, 0.05) is 5.38 Å². The van der Waals surface area contributed by atoms with Crippen LogP contribution in [0.2, 0.25) is 0 Å². The van der Waals surface area contributed by atoms with Crippen molar-refractivity contribution in [1.29, 1.82) is 0 Å². The minimum atomic E-state index is 0.324. The number of halogens is 1. The highest BCUT2D eigenvalue weighted by Crippen LogP contribution is 2.13. The predicted octanol–water partition coefficient (Wildman–Crippen LogP) is 2.77. The van der Waals surface area contributed by atoms with Crippen molar-refractivity contribution in [2.75, 3.05) is 6.54 Å². The number of rotatable bonds is 6. The molecule has 0 spiro atoms. The topological polar surface area (TPSA) is 26.0 Å². The fourth-order valence-corrected chi connectivity index (χ4v) is 1.33. The summed E-state index contributed by atoms with van der Waals surface area (Å²) in [5, 5.41) is 0.324. The molecule has 0 rings (SSSR count). The van der Waals surface area contributed by atoms with Crippen molar-refractivity contribution in [1.82, 2.24) is 0 Å². The predicted molar refractivity (Wildman–Crippen MR) is 52.0 cm³/mol. The van der Waals surface area contributed by atoms with Crippen LogP contribution in [0.25, 0.3) is 0 Å². The van der Waals surface area contributed by atoms with E-state index in [-0.39, 0.29) is 0 Å². The summed E-state index contributed by atoms with van der Waals surface area (Å²) in [7, 11) is 0. The summed E-state index contributed by atoms with van der Waals surface area (Å²) in [6.45, 7) is 5.07. The largest absolute Gasteiger partial charge is 0.330 e. The Kier molecular flexibility index (Phi) is 7.09. The van der Waals surface area contributed by atoms with Crippen molar-refractivity contribution in [3.05, 3.63) is 0 Å². The van der Waals surface area contributed by atoms with Crippen LogP contribution >= 0.6 is 11.6 Å². The first-order valence-corrected chi connectivity index (χ1v) is 4.98. The summed E-state index contributed by atoms with van der Waals surface area (Å²) in [5.41, 5.74) is 5.57. The van der Waals surface area contributed by atoms with Crippen LogP contribution in [0.3, 0.4) is 0 Å². The van der Waals surface area contributed by atoms with Crippen LogP contribution in [0.15, 0.2) is 0 Å². The van der Waals surface area contributed by atoms with Gasteiger partial charge in [0.15, 0.2) is 0 Å². The van der Waals surface area contributed by atoms with Crippen molar-refractivity contribution >= 4 is 11.6 Å². The third-order valence-corrected chi connectivity index (χ3v) is 2.34. The molecule has 2 atom stereocenters. The third kappa shape index (κ3) is 6.64. The van der Waals surface area contributed by atoms with Gasteiger partial charge in [-0.25, -0.2) is 0 Å². The standard InChI is InChI=1S/C9H20ClN/c1-3-9(7-11)6-4-5-8(2)10/h8-9H,3-7,11H2,1-2H3. The smallest absolute Gasteiger partial charge is 0.0307 e. The molecule has 2 unspecified atom stereocenters. The van der Waals surface area contributed by atoms with Crippen molar-refractivity contribution in [2.45, 2.75) is 44.9 Å². The highest BCUT2D eigenvalue weighted by atomic mass is 35.5. The van der Waals surface area contributed by atoms with Gasteiger partial charge < -0.3 is 5.73 Å². The molecule has 0 heterocycles. The maximum absolute atomic E-state index is 5.82. The van der Waals surface area contributed by atoms with Crippen LogP contribution in [0.4, 0.5) is 0 Å². The van der Waals surface area contributed by atoms with Crippen LogP contribution in [0.1, 0.15) is 39.5 Å². The van der Waals surface area contributed by atoms with Crippen LogP contribution in [0, 0.1) is 5.92 Å². The fraction of sp³-hybridized carbons (Fsp3) is 1.00. The Bertz CT molecular complexity index is 79.6. The average Bonchev–Trinajstić information content (AvgIpc) is 1.98. The first-order valence-electron chi connectivity index (χ1n) is 4.54. The molecule has 0 saturated carbocycles. The maximum Gasteiger partial charge on any atom is 0.0307 e. The van der Waals surface area contributed by atoms with Gasteiger partial charge in [0.1, 0.15) is 0 Å². The summed E-state index contributed by atoms with van der Waals surface area (Å²) < 4.78 is 0. The number of hydrogen-bond donors (Lipinski definition) is 1. The van der Waals surface area contributed by atoms with Crippen molar-refractivity contribution in [3.63, 3.8) is 0 Å². The second kappa shape index (κ2) is 6.93. The summed E-state index contributed by atoms with van der Waals surface area (Å²) in [6, 6.07) is 0. The minimum Gasteiger partial charge on any atom is -0.330 e. The highest BCUT2D eigenvalue weighted by molar-refractivity contribution is 6.20. The van der Waals surface area contributed by atoms with Crippen LogP contribution < -0.4 is 5.73 Å². The lowest BCUT2D eigenvalue weighted by Gasteiger charge is -2.11. The highest BCUT2D eigenvalue weighted by Gasteiger charge is 2.03. The second-order valence-electron chi connectivity index (χ2n) is 3.22.